The first-order valence-electron chi connectivity index (χ1n) is 7.34. The molecule has 2 aromatic rings. The predicted octanol–water partition coefficient (Wildman–Crippen LogP) is 4.26. The van der Waals surface area contributed by atoms with Gasteiger partial charge in [0.2, 0.25) is 5.91 Å². The Morgan fingerprint density at radius 1 is 1.14 bits per heavy atom. The minimum absolute atomic E-state index is 0.00507. The van der Waals surface area contributed by atoms with Gasteiger partial charge in [-0.3, -0.25) is 4.79 Å². The number of rotatable bonds is 7. The Bertz CT molecular complexity index is 611. The third-order valence-corrected chi connectivity index (χ3v) is 4.16. The lowest BCUT2D eigenvalue weighted by atomic mass is 10.2. The molecule has 0 saturated carbocycles. The highest BCUT2D eigenvalue weighted by atomic mass is 32.2. The number of hydrogen-bond acceptors (Lipinski definition) is 3. The van der Waals surface area contributed by atoms with Gasteiger partial charge in [0.05, 0.1) is 12.4 Å². The van der Waals surface area contributed by atoms with Crippen LogP contribution in [0.5, 0.6) is 0 Å². The standard InChI is InChI=1S/C18H21NO2S/c1-3-21-12-15-6-4-5-7-17(15)19-18(20)13-22-16-10-8-14(2)9-11-16/h4-11H,3,12-13H2,1-2H3,(H,19,20). The summed E-state index contributed by atoms with van der Waals surface area (Å²) in [5, 5.41) is 2.96. The molecular formula is C18H21NO2S. The molecule has 2 aromatic carbocycles. The summed E-state index contributed by atoms with van der Waals surface area (Å²) in [5.41, 5.74) is 3.04. The average molecular weight is 315 g/mol. The van der Waals surface area contributed by atoms with E-state index in [1.54, 1.807) is 0 Å². The third-order valence-electron chi connectivity index (χ3n) is 3.14. The fourth-order valence-electron chi connectivity index (χ4n) is 1.95. The van der Waals surface area contributed by atoms with Crippen molar-refractivity contribution in [2.24, 2.45) is 0 Å². The number of hydrogen-bond donors (Lipinski definition) is 1. The van der Waals surface area contributed by atoms with E-state index in [1.807, 2.05) is 43.3 Å². The van der Waals surface area contributed by atoms with Gasteiger partial charge in [-0.1, -0.05) is 35.9 Å². The number of carbonyl (C=O) groups excluding carboxylic acids is 1. The Morgan fingerprint density at radius 3 is 2.59 bits per heavy atom. The number of amides is 1. The van der Waals surface area contributed by atoms with Crippen LogP contribution in [0.2, 0.25) is 0 Å². The molecule has 116 valence electrons. The lowest BCUT2D eigenvalue weighted by molar-refractivity contribution is -0.113. The van der Waals surface area contributed by atoms with Crippen molar-refractivity contribution in [3.05, 3.63) is 59.7 Å². The molecule has 0 bridgehead atoms. The Morgan fingerprint density at radius 2 is 1.86 bits per heavy atom. The van der Waals surface area contributed by atoms with E-state index in [2.05, 4.69) is 24.4 Å². The van der Waals surface area contributed by atoms with E-state index < -0.39 is 0 Å². The Labute approximate surface area is 136 Å². The molecule has 0 heterocycles. The van der Waals surface area contributed by atoms with E-state index in [4.69, 9.17) is 4.74 Å². The summed E-state index contributed by atoms with van der Waals surface area (Å²) < 4.78 is 5.43. The Kier molecular flexibility index (Phi) is 6.49. The molecule has 0 aliphatic heterocycles. The van der Waals surface area contributed by atoms with Crippen molar-refractivity contribution in [3.8, 4) is 0 Å². The van der Waals surface area contributed by atoms with Crippen molar-refractivity contribution in [1.29, 1.82) is 0 Å². The van der Waals surface area contributed by atoms with Crippen LogP contribution in [0.1, 0.15) is 18.1 Å². The SMILES string of the molecule is CCOCc1ccccc1NC(=O)CSc1ccc(C)cc1. The van der Waals surface area contributed by atoms with E-state index in [0.717, 1.165) is 16.1 Å². The second kappa shape index (κ2) is 8.61. The van der Waals surface area contributed by atoms with Gasteiger partial charge in [0.1, 0.15) is 0 Å². The molecule has 0 unspecified atom stereocenters. The molecule has 4 heteroatoms. The van der Waals surface area contributed by atoms with E-state index in [1.165, 1.54) is 17.3 Å². The molecule has 22 heavy (non-hydrogen) atoms. The quantitative estimate of drug-likeness (QED) is 0.776. The number of thioether (sulfide) groups is 1. The fraction of sp³-hybridized carbons (Fsp3) is 0.278. The summed E-state index contributed by atoms with van der Waals surface area (Å²) in [5.74, 6) is 0.390. The predicted molar refractivity (Wildman–Crippen MR) is 92.3 cm³/mol. The minimum atomic E-state index is -0.00507. The maximum Gasteiger partial charge on any atom is 0.234 e. The second-order valence-electron chi connectivity index (χ2n) is 4.94. The lowest BCUT2D eigenvalue weighted by Gasteiger charge is -2.11. The van der Waals surface area contributed by atoms with Gasteiger partial charge in [-0.15, -0.1) is 11.8 Å². The highest BCUT2D eigenvalue weighted by Crippen LogP contribution is 2.20. The number of nitrogens with one attached hydrogen (secondary N) is 1. The molecule has 0 fully saturated rings. The van der Waals surface area contributed by atoms with E-state index in [9.17, 15) is 4.79 Å². The topological polar surface area (TPSA) is 38.3 Å². The summed E-state index contributed by atoms with van der Waals surface area (Å²) in [6, 6.07) is 15.9. The van der Waals surface area contributed by atoms with Crippen LogP contribution in [0.4, 0.5) is 5.69 Å². The van der Waals surface area contributed by atoms with Crippen molar-refractivity contribution < 1.29 is 9.53 Å². The van der Waals surface area contributed by atoms with Crippen LogP contribution >= 0.6 is 11.8 Å². The van der Waals surface area contributed by atoms with Crippen LogP contribution in [0.15, 0.2) is 53.4 Å². The highest BCUT2D eigenvalue weighted by Gasteiger charge is 2.07. The summed E-state index contributed by atoms with van der Waals surface area (Å²) in [6.45, 7) is 5.18. The third kappa shape index (κ3) is 5.20. The summed E-state index contributed by atoms with van der Waals surface area (Å²) >= 11 is 1.54. The van der Waals surface area contributed by atoms with E-state index in [-0.39, 0.29) is 5.91 Å². The van der Waals surface area contributed by atoms with E-state index >= 15 is 0 Å². The number of anilines is 1. The van der Waals surface area contributed by atoms with Crippen molar-refractivity contribution >= 4 is 23.4 Å². The second-order valence-corrected chi connectivity index (χ2v) is 5.99. The fourth-order valence-corrected chi connectivity index (χ4v) is 2.65. The molecule has 2 rings (SSSR count). The summed E-state index contributed by atoms with van der Waals surface area (Å²) in [4.78, 5) is 13.2. The van der Waals surface area contributed by atoms with Crippen molar-refractivity contribution in [2.45, 2.75) is 25.3 Å². The van der Waals surface area contributed by atoms with Gasteiger partial charge in [0, 0.05) is 22.8 Å². The van der Waals surface area contributed by atoms with Gasteiger partial charge in [-0.05, 0) is 32.0 Å². The zero-order chi connectivity index (χ0) is 15.8. The van der Waals surface area contributed by atoms with Crippen LogP contribution < -0.4 is 5.32 Å². The maximum atomic E-state index is 12.1. The van der Waals surface area contributed by atoms with Crippen LogP contribution in [-0.2, 0) is 16.1 Å². The van der Waals surface area contributed by atoms with Crippen molar-refractivity contribution in [3.63, 3.8) is 0 Å². The normalized spacial score (nSPS) is 10.5. The largest absolute Gasteiger partial charge is 0.377 e. The molecule has 0 saturated heterocycles. The number of para-hydroxylation sites is 1. The first-order valence-corrected chi connectivity index (χ1v) is 8.32. The van der Waals surface area contributed by atoms with E-state index in [0.29, 0.717) is 19.0 Å². The number of carbonyl (C=O) groups is 1. The molecule has 1 amide bonds. The van der Waals surface area contributed by atoms with Gasteiger partial charge < -0.3 is 10.1 Å². The highest BCUT2D eigenvalue weighted by molar-refractivity contribution is 8.00. The monoisotopic (exact) mass is 315 g/mol. The first-order chi connectivity index (χ1) is 10.7. The van der Waals surface area contributed by atoms with Gasteiger partial charge in [-0.2, -0.15) is 0 Å². The van der Waals surface area contributed by atoms with Crippen LogP contribution in [0, 0.1) is 6.92 Å². The number of benzene rings is 2. The molecule has 0 aromatic heterocycles. The first kappa shape index (κ1) is 16.6. The molecule has 0 aliphatic rings. The molecule has 3 nitrogen and oxygen atoms in total. The molecule has 0 atom stereocenters. The van der Waals surface area contributed by atoms with Gasteiger partial charge in [0.25, 0.3) is 0 Å². The molecule has 0 aliphatic carbocycles. The summed E-state index contributed by atoms with van der Waals surface area (Å²) in [6.07, 6.45) is 0. The van der Waals surface area contributed by atoms with Gasteiger partial charge in [0.15, 0.2) is 0 Å². The molecular weight excluding hydrogens is 294 g/mol. The molecule has 0 spiro atoms. The zero-order valence-corrected chi connectivity index (χ0v) is 13.8. The molecule has 0 radical (unpaired) electrons. The minimum Gasteiger partial charge on any atom is -0.377 e. The smallest absolute Gasteiger partial charge is 0.234 e. The lowest BCUT2D eigenvalue weighted by Crippen LogP contribution is -2.15. The van der Waals surface area contributed by atoms with Crippen molar-refractivity contribution in [1.82, 2.24) is 0 Å². The zero-order valence-electron chi connectivity index (χ0n) is 13.0. The Hall–Kier alpha value is -1.78. The van der Waals surface area contributed by atoms with Gasteiger partial charge in [-0.25, -0.2) is 0 Å². The maximum absolute atomic E-state index is 12.1. The number of aryl methyl sites for hydroxylation is 1. The Balaban J connectivity index is 1.90. The summed E-state index contributed by atoms with van der Waals surface area (Å²) in [7, 11) is 0. The molecule has 1 N–H and O–H groups in total. The van der Waals surface area contributed by atoms with Gasteiger partial charge >= 0.3 is 0 Å². The van der Waals surface area contributed by atoms with Crippen LogP contribution in [0.25, 0.3) is 0 Å². The van der Waals surface area contributed by atoms with Crippen molar-refractivity contribution in [2.75, 3.05) is 17.7 Å². The van der Waals surface area contributed by atoms with Crippen LogP contribution in [-0.4, -0.2) is 18.3 Å². The average Bonchev–Trinajstić information content (AvgIpc) is 2.53. The number of ether oxygens (including phenoxy) is 1. The van der Waals surface area contributed by atoms with Crippen LogP contribution in [0.3, 0.4) is 0 Å².